The molecule has 186 valence electrons. The summed E-state index contributed by atoms with van der Waals surface area (Å²) >= 11 is 17.3. The molecular formula is C22H11Cl3F7NO2. The van der Waals surface area contributed by atoms with E-state index in [0.29, 0.717) is 18.9 Å². The summed E-state index contributed by atoms with van der Waals surface area (Å²) < 4.78 is 102. The highest BCUT2D eigenvalue weighted by Crippen LogP contribution is 2.46. The Hall–Kier alpha value is -2.30. The Bertz CT molecular complexity index is 1260. The minimum Gasteiger partial charge on any atom is -0.405 e. The van der Waals surface area contributed by atoms with Gasteiger partial charge >= 0.3 is 18.3 Å². The number of hydrogen-bond acceptors (Lipinski definition) is 3. The number of rotatable bonds is 4. The number of nitrogens with zero attached hydrogens (tertiary/aromatic N) is 1. The van der Waals surface area contributed by atoms with Crippen molar-refractivity contribution in [3.63, 3.8) is 0 Å². The summed E-state index contributed by atoms with van der Waals surface area (Å²) in [5, 5.41) is -0.848. The van der Waals surface area contributed by atoms with Crippen molar-refractivity contribution < 1.29 is 40.3 Å². The molecule has 0 N–H and O–H groups in total. The molecule has 1 saturated carbocycles. The summed E-state index contributed by atoms with van der Waals surface area (Å²) in [6.45, 7) is 0. The van der Waals surface area contributed by atoms with Crippen LogP contribution in [0.15, 0.2) is 41.4 Å². The second-order valence-corrected chi connectivity index (χ2v) is 9.12. The van der Waals surface area contributed by atoms with Crippen LogP contribution in [0.2, 0.25) is 15.1 Å². The number of carbonyl (C=O) groups is 1. The van der Waals surface area contributed by atoms with Crippen LogP contribution in [-0.2, 0) is 15.7 Å². The molecule has 2 aromatic carbocycles. The van der Waals surface area contributed by atoms with E-state index < -0.39 is 63.8 Å². The van der Waals surface area contributed by atoms with Crippen molar-refractivity contribution in [2.24, 2.45) is 4.99 Å². The minimum atomic E-state index is -5.06. The molecular weight excluding hydrogens is 550 g/mol. The lowest BCUT2D eigenvalue weighted by Crippen LogP contribution is -2.19. The fourth-order valence-corrected chi connectivity index (χ4v) is 4.10. The van der Waals surface area contributed by atoms with Crippen molar-refractivity contribution in [1.82, 2.24) is 0 Å². The number of allylic oxidation sites excluding steroid dienone is 1. The maximum atomic E-state index is 14.9. The van der Waals surface area contributed by atoms with E-state index in [0.717, 1.165) is 24.3 Å². The summed E-state index contributed by atoms with van der Waals surface area (Å²) in [6.07, 6.45) is -9.35. The third kappa shape index (κ3) is 5.01. The maximum Gasteiger partial charge on any atom is 0.417 e. The highest BCUT2D eigenvalue weighted by atomic mass is 35.5. The number of alkyl halides is 6. The molecule has 0 amide bonds. The van der Waals surface area contributed by atoms with Crippen molar-refractivity contribution in [2.75, 3.05) is 0 Å². The fraction of sp³-hybridized carbons (Fsp3) is 0.273. The Kier molecular flexibility index (Phi) is 6.39. The van der Waals surface area contributed by atoms with Gasteiger partial charge in [0, 0.05) is 11.1 Å². The third-order valence-corrected chi connectivity index (χ3v) is 6.67. The van der Waals surface area contributed by atoms with Crippen LogP contribution in [0.4, 0.5) is 30.7 Å². The summed E-state index contributed by atoms with van der Waals surface area (Å²) in [5.41, 5.74) is -4.60. The van der Waals surface area contributed by atoms with Crippen LogP contribution < -0.4 is 0 Å². The van der Waals surface area contributed by atoms with Gasteiger partial charge in [-0.1, -0.05) is 40.9 Å². The van der Waals surface area contributed by atoms with Gasteiger partial charge in [0.25, 0.3) is 0 Å². The highest BCUT2D eigenvalue weighted by molar-refractivity contribution is 6.48. The van der Waals surface area contributed by atoms with Gasteiger partial charge in [0.05, 0.1) is 20.6 Å². The number of carbonyl (C=O) groups excluding carboxylic acids is 1. The highest BCUT2D eigenvalue weighted by Gasteiger charge is 2.57. The molecule has 2 aromatic rings. The molecule has 0 bridgehead atoms. The van der Waals surface area contributed by atoms with E-state index in [9.17, 15) is 35.5 Å². The summed E-state index contributed by atoms with van der Waals surface area (Å²) in [4.78, 5) is 15.8. The minimum absolute atomic E-state index is 0.108. The van der Waals surface area contributed by atoms with Crippen LogP contribution in [0.25, 0.3) is 5.83 Å². The van der Waals surface area contributed by atoms with Crippen molar-refractivity contribution in [2.45, 2.75) is 36.7 Å². The molecule has 4 rings (SSSR count). The smallest absolute Gasteiger partial charge is 0.405 e. The molecule has 1 unspecified atom stereocenters. The second kappa shape index (κ2) is 8.67. The van der Waals surface area contributed by atoms with Gasteiger partial charge < -0.3 is 4.74 Å². The van der Waals surface area contributed by atoms with E-state index in [1.54, 1.807) is 0 Å². The average Bonchev–Trinajstić information content (AvgIpc) is 3.46. The Morgan fingerprint density at radius 2 is 1.63 bits per heavy atom. The molecule has 13 heteroatoms. The quantitative estimate of drug-likeness (QED) is 0.215. The lowest BCUT2D eigenvalue weighted by molar-refractivity contribution is -0.140. The first-order valence-electron chi connectivity index (χ1n) is 9.75. The van der Waals surface area contributed by atoms with Gasteiger partial charge in [-0.2, -0.15) is 26.3 Å². The molecule has 0 aromatic heterocycles. The van der Waals surface area contributed by atoms with Crippen molar-refractivity contribution in [3.05, 3.63) is 73.7 Å². The van der Waals surface area contributed by atoms with E-state index in [1.807, 2.05) is 0 Å². The zero-order valence-electron chi connectivity index (χ0n) is 17.0. The largest absolute Gasteiger partial charge is 0.417 e. The fourth-order valence-electron chi connectivity index (χ4n) is 3.49. The Morgan fingerprint density at radius 3 is 2.11 bits per heavy atom. The van der Waals surface area contributed by atoms with Gasteiger partial charge in [-0.15, -0.1) is 0 Å². The average molecular weight is 561 g/mol. The van der Waals surface area contributed by atoms with Crippen LogP contribution in [0.1, 0.15) is 41.0 Å². The Balaban J connectivity index is 1.77. The van der Waals surface area contributed by atoms with Crippen LogP contribution in [0.5, 0.6) is 0 Å². The van der Waals surface area contributed by atoms with E-state index in [1.165, 1.54) is 0 Å². The lowest BCUT2D eigenvalue weighted by Gasteiger charge is -2.19. The number of benzene rings is 2. The monoisotopic (exact) mass is 559 g/mol. The van der Waals surface area contributed by atoms with Gasteiger partial charge in [0.1, 0.15) is 11.7 Å². The number of esters is 1. The normalized spacial score (nSPS) is 18.5. The van der Waals surface area contributed by atoms with E-state index >= 15 is 0 Å². The topological polar surface area (TPSA) is 38.7 Å². The zero-order chi connectivity index (χ0) is 25.9. The van der Waals surface area contributed by atoms with Crippen LogP contribution in [0.3, 0.4) is 0 Å². The number of cyclic esters (lactones) is 1. The van der Waals surface area contributed by atoms with Crippen LogP contribution in [0, 0.1) is 0 Å². The predicted molar refractivity (Wildman–Crippen MR) is 115 cm³/mol. The molecule has 0 saturated heterocycles. The molecule has 35 heavy (non-hydrogen) atoms. The molecule has 2 aliphatic rings. The third-order valence-electron chi connectivity index (χ3n) is 5.47. The molecule has 1 spiro atoms. The van der Waals surface area contributed by atoms with E-state index in [4.69, 9.17) is 39.5 Å². The Morgan fingerprint density at radius 1 is 1.03 bits per heavy atom. The SMILES string of the molecule is O=C1OC(c2ccc(/C(F)=C/C(c3cc(Cl)c(Cl)c(Cl)c3)C(F)(F)F)cc2C(F)(F)F)=NC12CC2. The van der Waals surface area contributed by atoms with E-state index in [-0.39, 0.29) is 21.1 Å². The summed E-state index contributed by atoms with van der Waals surface area (Å²) in [5.74, 6) is -5.55. The molecule has 1 aliphatic heterocycles. The van der Waals surface area contributed by atoms with Crippen molar-refractivity contribution in [1.29, 1.82) is 0 Å². The van der Waals surface area contributed by atoms with Crippen LogP contribution >= 0.6 is 34.8 Å². The standard InChI is InChI=1S/C22H11Cl3F7NO2/c23-14-6-10(7-15(24)17(14)25)12(21(27,28)29)8-16(26)9-1-2-11(13(5-9)22(30,31)32)18-33-20(3-4-20)19(34)35-18/h1-2,5-8,12H,3-4H2/b16-8-. The van der Waals surface area contributed by atoms with Gasteiger partial charge in [-0.25, -0.2) is 14.2 Å². The maximum absolute atomic E-state index is 14.9. The molecule has 0 radical (unpaired) electrons. The number of ether oxygens (including phenoxy) is 1. The number of aliphatic imine (C=N–C) groups is 1. The summed E-state index contributed by atoms with van der Waals surface area (Å²) in [6, 6.07) is 3.62. The molecule has 3 nitrogen and oxygen atoms in total. The van der Waals surface area contributed by atoms with Crippen molar-refractivity contribution in [3.8, 4) is 0 Å². The first-order chi connectivity index (χ1) is 16.1. The molecule has 1 fully saturated rings. The molecule has 1 heterocycles. The number of halogens is 10. The number of hydrogen-bond donors (Lipinski definition) is 0. The lowest BCUT2D eigenvalue weighted by atomic mass is 9.95. The van der Waals surface area contributed by atoms with Gasteiger partial charge in [-0.05, 0) is 48.7 Å². The Labute approximate surface area is 208 Å². The van der Waals surface area contributed by atoms with Crippen LogP contribution in [-0.4, -0.2) is 23.6 Å². The molecule has 1 atom stereocenters. The van der Waals surface area contributed by atoms with E-state index in [2.05, 4.69) is 4.99 Å². The van der Waals surface area contributed by atoms with Gasteiger partial charge in [0.15, 0.2) is 5.54 Å². The van der Waals surface area contributed by atoms with Gasteiger partial charge in [-0.3, -0.25) is 0 Å². The summed E-state index contributed by atoms with van der Waals surface area (Å²) in [7, 11) is 0. The predicted octanol–water partition coefficient (Wildman–Crippen LogP) is 8.16. The van der Waals surface area contributed by atoms with Gasteiger partial charge in [0.2, 0.25) is 5.90 Å². The first-order valence-corrected chi connectivity index (χ1v) is 10.9. The molecule has 1 aliphatic carbocycles. The van der Waals surface area contributed by atoms with Crippen molar-refractivity contribution >= 4 is 52.5 Å². The zero-order valence-corrected chi connectivity index (χ0v) is 19.3. The second-order valence-electron chi connectivity index (χ2n) is 7.93. The first kappa shape index (κ1) is 25.8.